The summed E-state index contributed by atoms with van der Waals surface area (Å²) in [5, 5.41) is 3.76. The highest BCUT2D eigenvalue weighted by molar-refractivity contribution is 6.30. The van der Waals surface area contributed by atoms with Crippen molar-refractivity contribution in [2.24, 2.45) is 0 Å². The minimum absolute atomic E-state index is 0.0348. The zero-order chi connectivity index (χ0) is 23.4. The lowest BCUT2D eigenvalue weighted by Crippen LogP contribution is -2.29. The number of amides is 1. The molecule has 2 aromatic heterocycles. The molecule has 1 amide bonds. The Bertz CT molecular complexity index is 1380. The van der Waals surface area contributed by atoms with Gasteiger partial charge in [-0.3, -0.25) is 19.4 Å². The Balaban J connectivity index is 1.69. The number of pyridine rings is 2. The minimum atomic E-state index is -0.442. The summed E-state index contributed by atoms with van der Waals surface area (Å²) in [5.41, 5.74) is 1.30. The van der Waals surface area contributed by atoms with Crippen molar-refractivity contribution >= 4 is 34.2 Å². The Labute approximate surface area is 194 Å². The van der Waals surface area contributed by atoms with Gasteiger partial charge in [-0.2, -0.15) is 0 Å². The first-order valence-corrected chi connectivity index (χ1v) is 10.5. The molecule has 8 heteroatoms. The van der Waals surface area contributed by atoms with E-state index in [1.807, 2.05) is 12.1 Å². The largest absolute Gasteiger partial charge is 0.497 e. The number of rotatable bonds is 7. The molecule has 0 saturated carbocycles. The molecule has 0 unspecified atom stereocenters. The maximum atomic E-state index is 13.2. The van der Waals surface area contributed by atoms with E-state index in [9.17, 15) is 14.4 Å². The van der Waals surface area contributed by atoms with Crippen molar-refractivity contribution in [3.63, 3.8) is 0 Å². The zero-order valence-corrected chi connectivity index (χ0v) is 18.5. The number of fused-ring (bicyclic) bond motifs is 1. The van der Waals surface area contributed by atoms with E-state index in [0.717, 1.165) is 5.56 Å². The fourth-order valence-corrected chi connectivity index (χ4v) is 3.59. The maximum absolute atomic E-state index is 13.2. The van der Waals surface area contributed by atoms with E-state index in [4.69, 9.17) is 16.3 Å². The Morgan fingerprint density at radius 3 is 2.48 bits per heavy atom. The molecule has 7 nitrogen and oxygen atoms in total. The first-order valence-electron chi connectivity index (χ1n) is 10.1. The number of hydrogen-bond donors (Lipinski definition) is 1. The number of nitrogens with zero attached hydrogens (tertiary/aromatic N) is 2. The van der Waals surface area contributed by atoms with Gasteiger partial charge < -0.3 is 14.6 Å². The van der Waals surface area contributed by atoms with Crippen molar-refractivity contribution in [2.75, 3.05) is 7.11 Å². The van der Waals surface area contributed by atoms with Crippen LogP contribution < -0.4 is 15.5 Å². The van der Waals surface area contributed by atoms with E-state index in [0.29, 0.717) is 33.8 Å². The molecule has 166 valence electrons. The summed E-state index contributed by atoms with van der Waals surface area (Å²) in [6.45, 7) is 0.248. The monoisotopic (exact) mass is 461 g/mol. The van der Waals surface area contributed by atoms with Crippen molar-refractivity contribution in [2.45, 2.75) is 13.1 Å². The number of nitrogens with one attached hydrogen (secondary N) is 1. The molecule has 0 spiro atoms. The summed E-state index contributed by atoms with van der Waals surface area (Å²) >= 11 is 5.90. The minimum Gasteiger partial charge on any atom is -0.497 e. The van der Waals surface area contributed by atoms with Crippen LogP contribution in [0.5, 0.6) is 5.75 Å². The van der Waals surface area contributed by atoms with E-state index in [2.05, 4.69) is 10.3 Å². The van der Waals surface area contributed by atoms with Gasteiger partial charge in [-0.1, -0.05) is 23.7 Å². The molecular formula is C25H20ClN3O4. The van der Waals surface area contributed by atoms with Crippen LogP contribution >= 0.6 is 11.6 Å². The number of aromatic nitrogens is 2. The van der Waals surface area contributed by atoms with Gasteiger partial charge in [-0.25, -0.2) is 0 Å². The predicted molar refractivity (Wildman–Crippen MR) is 126 cm³/mol. The van der Waals surface area contributed by atoms with Crippen molar-refractivity contribution < 1.29 is 14.3 Å². The van der Waals surface area contributed by atoms with Crippen LogP contribution in [-0.2, 0) is 17.9 Å². The highest BCUT2D eigenvalue weighted by atomic mass is 35.5. The van der Waals surface area contributed by atoms with Gasteiger partial charge in [0.2, 0.25) is 11.3 Å². The molecular weight excluding hydrogens is 442 g/mol. The summed E-state index contributed by atoms with van der Waals surface area (Å²) < 4.78 is 6.85. The lowest BCUT2D eigenvalue weighted by Gasteiger charge is -2.14. The summed E-state index contributed by atoms with van der Waals surface area (Å²) in [6.07, 6.45) is 4.40. The van der Waals surface area contributed by atoms with Gasteiger partial charge in [0.15, 0.2) is 5.78 Å². The van der Waals surface area contributed by atoms with Crippen LogP contribution in [0.1, 0.15) is 21.5 Å². The first kappa shape index (κ1) is 22.2. The first-order chi connectivity index (χ1) is 16.0. The number of ketones is 1. The Morgan fingerprint density at radius 2 is 1.79 bits per heavy atom. The fraction of sp³-hybridized carbons (Fsp3) is 0.120. The molecule has 4 rings (SSSR count). The number of ether oxygens (including phenoxy) is 1. The topological polar surface area (TPSA) is 90.3 Å². The third-order valence-corrected chi connectivity index (χ3v) is 5.44. The van der Waals surface area contributed by atoms with Crippen LogP contribution in [-0.4, -0.2) is 28.4 Å². The number of carbonyl (C=O) groups excluding carboxylic acids is 2. The lowest BCUT2D eigenvalue weighted by atomic mass is 10.0. The van der Waals surface area contributed by atoms with Crippen LogP contribution in [0.2, 0.25) is 5.02 Å². The smallest absolute Gasteiger partial charge is 0.240 e. The fourth-order valence-electron chi connectivity index (χ4n) is 3.47. The Morgan fingerprint density at radius 1 is 1.06 bits per heavy atom. The molecule has 33 heavy (non-hydrogen) atoms. The predicted octanol–water partition coefficient (Wildman–Crippen LogP) is 3.61. The number of halogens is 1. The van der Waals surface area contributed by atoms with E-state index >= 15 is 0 Å². The zero-order valence-electron chi connectivity index (χ0n) is 17.7. The third-order valence-electron chi connectivity index (χ3n) is 5.19. The second-order valence-corrected chi connectivity index (χ2v) is 7.79. The molecule has 0 atom stereocenters. The number of methoxy groups -OCH3 is 1. The standard InChI is InChI=1S/C25H20ClN3O4/c1-33-19-6-7-22-20(12-19)25(32)21(24(31)17-8-10-27-11-9-17)14-29(22)15-23(30)28-13-16-2-4-18(26)5-3-16/h2-12,14H,13,15H2,1H3,(H,28,30). The van der Waals surface area contributed by atoms with Crippen LogP contribution in [0.4, 0.5) is 0 Å². The van der Waals surface area contributed by atoms with Gasteiger partial charge >= 0.3 is 0 Å². The van der Waals surface area contributed by atoms with Gasteiger partial charge in [0, 0.05) is 35.7 Å². The average molecular weight is 462 g/mol. The van der Waals surface area contributed by atoms with Gasteiger partial charge in [0.05, 0.1) is 23.6 Å². The summed E-state index contributed by atoms with van der Waals surface area (Å²) in [6, 6.07) is 15.2. The van der Waals surface area contributed by atoms with Crippen LogP contribution in [0.3, 0.4) is 0 Å². The number of hydrogen-bond acceptors (Lipinski definition) is 5. The van der Waals surface area contributed by atoms with E-state index < -0.39 is 11.2 Å². The molecule has 1 N–H and O–H groups in total. The summed E-state index contributed by atoms with van der Waals surface area (Å²) in [4.78, 5) is 42.8. The molecule has 4 aromatic rings. The van der Waals surface area contributed by atoms with Crippen LogP contribution in [0, 0.1) is 0 Å². The van der Waals surface area contributed by atoms with Crippen molar-refractivity contribution in [1.29, 1.82) is 0 Å². The highest BCUT2D eigenvalue weighted by Gasteiger charge is 2.18. The third kappa shape index (κ3) is 4.94. The van der Waals surface area contributed by atoms with E-state index in [1.165, 1.54) is 25.7 Å². The SMILES string of the molecule is COc1ccc2c(c1)c(=O)c(C(=O)c1ccncc1)cn2CC(=O)NCc1ccc(Cl)cc1. The van der Waals surface area contributed by atoms with E-state index in [-0.39, 0.29) is 18.0 Å². The molecule has 0 aliphatic rings. The van der Waals surface area contributed by atoms with Crippen LogP contribution in [0.15, 0.2) is 78.0 Å². The average Bonchev–Trinajstić information content (AvgIpc) is 2.85. The molecule has 0 aliphatic carbocycles. The molecule has 2 aromatic carbocycles. The maximum Gasteiger partial charge on any atom is 0.240 e. The summed E-state index contributed by atoms with van der Waals surface area (Å²) in [5.74, 6) is -0.234. The quantitative estimate of drug-likeness (QED) is 0.425. The molecule has 2 heterocycles. The van der Waals surface area contributed by atoms with Gasteiger partial charge in [-0.05, 0) is 48.0 Å². The molecule has 0 bridgehead atoms. The second kappa shape index (κ2) is 9.67. The molecule has 0 aliphatic heterocycles. The van der Waals surface area contributed by atoms with Crippen molar-refractivity contribution in [1.82, 2.24) is 14.9 Å². The second-order valence-electron chi connectivity index (χ2n) is 7.35. The van der Waals surface area contributed by atoms with Crippen LogP contribution in [0.25, 0.3) is 10.9 Å². The molecule has 0 radical (unpaired) electrons. The number of benzene rings is 2. The van der Waals surface area contributed by atoms with Gasteiger partial charge in [0.1, 0.15) is 12.3 Å². The number of carbonyl (C=O) groups is 2. The van der Waals surface area contributed by atoms with Gasteiger partial charge in [-0.15, -0.1) is 0 Å². The Hall–Kier alpha value is -3.97. The lowest BCUT2D eigenvalue weighted by molar-refractivity contribution is -0.121. The van der Waals surface area contributed by atoms with Crippen molar-refractivity contribution in [3.8, 4) is 5.75 Å². The summed E-state index contributed by atoms with van der Waals surface area (Å²) in [7, 11) is 1.50. The molecule has 0 saturated heterocycles. The normalized spacial score (nSPS) is 10.7. The highest BCUT2D eigenvalue weighted by Crippen LogP contribution is 2.20. The Kier molecular flexibility index (Phi) is 6.51. The van der Waals surface area contributed by atoms with E-state index in [1.54, 1.807) is 47.0 Å². The molecule has 0 fully saturated rings. The van der Waals surface area contributed by atoms with Gasteiger partial charge in [0.25, 0.3) is 0 Å². The van der Waals surface area contributed by atoms with Crippen molar-refractivity contribution in [3.05, 3.63) is 105 Å².